The van der Waals surface area contributed by atoms with E-state index in [9.17, 15) is 4.79 Å². The Morgan fingerprint density at radius 3 is 2.86 bits per heavy atom. The van der Waals surface area contributed by atoms with Gasteiger partial charge in [-0.25, -0.2) is 9.78 Å². The van der Waals surface area contributed by atoms with E-state index in [1.54, 1.807) is 4.90 Å². The first-order chi connectivity index (χ1) is 10.3. The molecule has 0 aliphatic carbocycles. The fraction of sp³-hybridized carbons (Fsp3) is 0.733. The van der Waals surface area contributed by atoms with Gasteiger partial charge in [0.1, 0.15) is 0 Å². The summed E-state index contributed by atoms with van der Waals surface area (Å²) in [6, 6.07) is 0.405. The van der Waals surface area contributed by atoms with Crippen molar-refractivity contribution in [3.05, 3.63) is 12.4 Å². The quantitative estimate of drug-likeness (QED) is 0.820. The average molecular weight is 294 g/mol. The first-order valence-electron chi connectivity index (χ1n) is 7.94. The van der Waals surface area contributed by atoms with Crippen LogP contribution in [0.25, 0.3) is 0 Å². The molecule has 2 heterocycles. The Bertz CT molecular complexity index is 439. The molecular weight excluding hydrogens is 268 g/mol. The number of piperidine rings is 1. The van der Waals surface area contributed by atoms with Gasteiger partial charge in [-0.2, -0.15) is 0 Å². The van der Waals surface area contributed by atoms with Crippen LogP contribution < -0.4 is 5.32 Å². The van der Waals surface area contributed by atoms with Crippen molar-refractivity contribution in [1.82, 2.24) is 14.5 Å². The molecule has 0 bridgehead atoms. The first-order valence-corrected chi connectivity index (χ1v) is 7.94. The minimum absolute atomic E-state index is 0.192. The summed E-state index contributed by atoms with van der Waals surface area (Å²) < 4.78 is 7.26. The number of aromatic nitrogens is 2. The van der Waals surface area contributed by atoms with Crippen LogP contribution in [0.3, 0.4) is 0 Å². The Hall–Kier alpha value is -1.72. The summed E-state index contributed by atoms with van der Waals surface area (Å²) in [5.41, 5.74) is 0. The molecule has 2 rings (SSSR count). The molecule has 0 spiro atoms. The molecule has 118 valence electrons. The molecule has 0 aromatic carbocycles. The van der Waals surface area contributed by atoms with Crippen LogP contribution >= 0.6 is 0 Å². The number of carbonyl (C=O) groups is 1. The lowest BCUT2D eigenvalue weighted by molar-refractivity contribution is 0.0928. The van der Waals surface area contributed by atoms with Crippen molar-refractivity contribution in [2.24, 2.45) is 0 Å². The molecule has 1 amide bonds. The number of carbonyl (C=O) groups excluding carboxylic acids is 1. The molecule has 6 nitrogen and oxygen atoms in total. The van der Waals surface area contributed by atoms with Crippen molar-refractivity contribution in [3.63, 3.8) is 0 Å². The SMILES string of the molecule is CCCCNc1nccn1C1CCN(C(=O)OCC)CC1. The van der Waals surface area contributed by atoms with Crippen LogP contribution in [0, 0.1) is 0 Å². The number of amides is 1. The van der Waals surface area contributed by atoms with Gasteiger partial charge in [0, 0.05) is 38.1 Å². The second-order valence-corrected chi connectivity index (χ2v) is 5.36. The number of nitrogens with one attached hydrogen (secondary N) is 1. The fourth-order valence-corrected chi connectivity index (χ4v) is 2.66. The lowest BCUT2D eigenvalue weighted by Crippen LogP contribution is -2.39. The number of hydrogen-bond donors (Lipinski definition) is 1. The zero-order chi connectivity index (χ0) is 15.1. The monoisotopic (exact) mass is 294 g/mol. The highest BCUT2D eigenvalue weighted by Crippen LogP contribution is 2.25. The molecule has 1 fully saturated rings. The maximum atomic E-state index is 11.7. The second-order valence-electron chi connectivity index (χ2n) is 5.36. The molecule has 1 aliphatic heterocycles. The maximum absolute atomic E-state index is 11.7. The number of imidazole rings is 1. The summed E-state index contributed by atoms with van der Waals surface area (Å²) in [4.78, 5) is 17.9. The topological polar surface area (TPSA) is 59.4 Å². The zero-order valence-corrected chi connectivity index (χ0v) is 13.0. The number of rotatable bonds is 6. The molecule has 1 aromatic rings. The van der Waals surface area contributed by atoms with Crippen LogP contribution in [0.5, 0.6) is 0 Å². The molecule has 1 aliphatic rings. The molecule has 1 aromatic heterocycles. The summed E-state index contributed by atoms with van der Waals surface area (Å²) in [5.74, 6) is 0.943. The van der Waals surface area contributed by atoms with Crippen LogP contribution in [-0.2, 0) is 4.74 Å². The summed E-state index contributed by atoms with van der Waals surface area (Å²) in [7, 11) is 0. The van der Waals surface area contributed by atoms with Gasteiger partial charge in [0.15, 0.2) is 0 Å². The van der Waals surface area contributed by atoms with Gasteiger partial charge in [-0.3, -0.25) is 0 Å². The average Bonchev–Trinajstić information content (AvgIpc) is 2.96. The molecule has 0 unspecified atom stereocenters. The standard InChI is InChI=1S/C15H26N4O2/c1-3-5-8-16-14-17-9-12-19(14)13-6-10-18(11-7-13)15(20)21-4-2/h9,12-13H,3-8,10-11H2,1-2H3,(H,16,17). The van der Waals surface area contributed by atoms with E-state index in [1.165, 1.54) is 6.42 Å². The zero-order valence-electron chi connectivity index (χ0n) is 13.0. The van der Waals surface area contributed by atoms with E-state index in [0.717, 1.165) is 44.8 Å². The van der Waals surface area contributed by atoms with Crippen molar-refractivity contribution in [1.29, 1.82) is 0 Å². The third-order valence-corrected chi connectivity index (χ3v) is 3.87. The third-order valence-electron chi connectivity index (χ3n) is 3.87. The highest BCUT2D eigenvalue weighted by atomic mass is 16.6. The maximum Gasteiger partial charge on any atom is 0.409 e. The predicted octanol–water partition coefficient (Wildman–Crippen LogP) is 2.89. The van der Waals surface area contributed by atoms with Crippen LogP contribution in [0.2, 0.25) is 0 Å². The highest BCUT2D eigenvalue weighted by Gasteiger charge is 2.25. The summed E-state index contributed by atoms with van der Waals surface area (Å²) in [6.07, 6.45) is 7.88. The third kappa shape index (κ3) is 4.12. The molecule has 21 heavy (non-hydrogen) atoms. The van der Waals surface area contributed by atoms with Crippen LogP contribution in [0.15, 0.2) is 12.4 Å². The molecule has 6 heteroatoms. The molecule has 0 radical (unpaired) electrons. The number of nitrogens with zero attached hydrogens (tertiary/aromatic N) is 3. The Balaban J connectivity index is 1.87. The van der Waals surface area contributed by atoms with Crippen molar-refractivity contribution >= 4 is 12.0 Å². The molecule has 1 saturated heterocycles. The Kier molecular flexibility index (Phi) is 5.90. The number of ether oxygens (including phenoxy) is 1. The number of unbranched alkanes of at least 4 members (excludes halogenated alkanes) is 1. The lowest BCUT2D eigenvalue weighted by Gasteiger charge is -2.32. The summed E-state index contributed by atoms with van der Waals surface area (Å²) in [6.45, 7) is 6.90. The number of anilines is 1. The van der Waals surface area contributed by atoms with Gasteiger partial charge in [-0.15, -0.1) is 0 Å². The van der Waals surface area contributed by atoms with Gasteiger partial charge in [0.05, 0.1) is 6.61 Å². The van der Waals surface area contributed by atoms with E-state index in [4.69, 9.17) is 4.74 Å². The molecular formula is C15H26N4O2. The van der Waals surface area contributed by atoms with Crippen molar-refractivity contribution in [2.75, 3.05) is 31.6 Å². The molecule has 0 atom stereocenters. The fourth-order valence-electron chi connectivity index (χ4n) is 2.66. The number of hydrogen-bond acceptors (Lipinski definition) is 4. The smallest absolute Gasteiger partial charge is 0.409 e. The largest absolute Gasteiger partial charge is 0.450 e. The minimum atomic E-state index is -0.192. The van der Waals surface area contributed by atoms with Crippen molar-refractivity contribution in [2.45, 2.75) is 45.6 Å². The second kappa shape index (κ2) is 7.90. The van der Waals surface area contributed by atoms with E-state index in [-0.39, 0.29) is 6.09 Å². The number of likely N-dealkylation sites (tertiary alicyclic amines) is 1. The molecule has 1 N–H and O–H groups in total. The Morgan fingerprint density at radius 1 is 1.43 bits per heavy atom. The van der Waals surface area contributed by atoms with Crippen LogP contribution in [0.4, 0.5) is 10.7 Å². The normalized spacial score (nSPS) is 16.0. The van der Waals surface area contributed by atoms with E-state index in [0.29, 0.717) is 12.6 Å². The van der Waals surface area contributed by atoms with Gasteiger partial charge in [-0.1, -0.05) is 13.3 Å². The van der Waals surface area contributed by atoms with Crippen molar-refractivity contribution < 1.29 is 9.53 Å². The first kappa shape index (κ1) is 15.7. The van der Waals surface area contributed by atoms with Crippen LogP contribution in [-0.4, -0.2) is 46.8 Å². The van der Waals surface area contributed by atoms with Gasteiger partial charge < -0.3 is 19.5 Å². The highest BCUT2D eigenvalue weighted by molar-refractivity contribution is 5.67. The van der Waals surface area contributed by atoms with Gasteiger partial charge in [0.25, 0.3) is 0 Å². The van der Waals surface area contributed by atoms with E-state index in [1.807, 2.05) is 19.3 Å². The summed E-state index contributed by atoms with van der Waals surface area (Å²) >= 11 is 0. The van der Waals surface area contributed by atoms with Gasteiger partial charge in [-0.05, 0) is 26.2 Å². The molecule has 0 saturated carbocycles. The Labute approximate surface area is 126 Å². The van der Waals surface area contributed by atoms with Crippen molar-refractivity contribution in [3.8, 4) is 0 Å². The lowest BCUT2D eigenvalue weighted by atomic mass is 10.1. The summed E-state index contributed by atoms with van der Waals surface area (Å²) in [5, 5.41) is 3.39. The van der Waals surface area contributed by atoms with E-state index < -0.39 is 0 Å². The van der Waals surface area contributed by atoms with Gasteiger partial charge in [0.2, 0.25) is 5.95 Å². The van der Waals surface area contributed by atoms with Gasteiger partial charge >= 0.3 is 6.09 Å². The van der Waals surface area contributed by atoms with Crippen LogP contribution in [0.1, 0.15) is 45.6 Å². The van der Waals surface area contributed by atoms with E-state index in [2.05, 4.69) is 21.8 Å². The van der Waals surface area contributed by atoms with E-state index >= 15 is 0 Å². The minimum Gasteiger partial charge on any atom is -0.450 e. The predicted molar refractivity (Wildman–Crippen MR) is 82.5 cm³/mol. The Morgan fingerprint density at radius 2 is 2.19 bits per heavy atom.